The highest BCUT2D eigenvalue weighted by Gasteiger charge is 2.32. The van der Waals surface area contributed by atoms with Gasteiger partial charge >= 0.3 is 6.18 Å². The van der Waals surface area contributed by atoms with Gasteiger partial charge in [0.05, 0.1) is 11.9 Å². The fourth-order valence-corrected chi connectivity index (χ4v) is 2.73. The Labute approximate surface area is 118 Å². The number of hydrogen-bond acceptors (Lipinski definition) is 3. The molecule has 0 atom stereocenters. The molecule has 0 aliphatic rings. The van der Waals surface area contributed by atoms with Gasteiger partial charge in [0.1, 0.15) is 10.6 Å². The molecule has 2 heterocycles. The van der Waals surface area contributed by atoms with Crippen molar-refractivity contribution in [2.75, 3.05) is 5.32 Å². The minimum atomic E-state index is -4.49. The van der Waals surface area contributed by atoms with E-state index in [-0.39, 0.29) is 5.69 Å². The summed E-state index contributed by atoms with van der Waals surface area (Å²) >= 11 is 4.43. The molecule has 3 nitrogen and oxygen atoms in total. The van der Waals surface area contributed by atoms with Crippen LogP contribution in [0.1, 0.15) is 15.4 Å². The maximum absolute atomic E-state index is 12.3. The van der Waals surface area contributed by atoms with Crippen molar-refractivity contribution in [1.82, 2.24) is 4.98 Å². The fourth-order valence-electron chi connectivity index (χ4n) is 1.28. The summed E-state index contributed by atoms with van der Waals surface area (Å²) in [6.07, 6.45) is -3.51. The number of hydrogen-bond donors (Lipinski definition) is 1. The highest BCUT2D eigenvalue weighted by atomic mass is 79.9. The molecule has 2 rings (SSSR count). The minimum Gasteiger partial charge on any atom is -0.320 e. The van der Waals surface area contributed by atoms with Gasteiger partial charge in [-0.05, 0) is 39.5 Å². The predicted molar refractivity (Wildman–Crippen MR) is 69.2 cm³/mol. The van der Waals surface area contributed by atoms with E-state index in [2.05, 4.69) is 26.2 Å². The molecule has 0 saturated carbocycles. The van der Waals surface area contributed by atoms with Crippen LogP contribution in [0.25, 0.3) is 0 Å². The molecule has 0 aromatic carbocycles. The summed E-state index contributed by atoms with van der Waals surface area (Å²) in [7, 11) is 0. The number of rotatable bonds is 2. The number of halogens is 4. The molecule has 2 aromatic heterocycles. The number of alkyl halides is 3. The van der Waals surface area contributed by atoms with Crippen LogP contribution in [0.15, 0.2) is 34.2 Å². The van der Waals surface area contributed by atoms with Gasteiger partial charge in [0, 0.05) is 4.47 Å². The van der Waals surface area contributed by atoms with Gasteiger partial charge in [-0.25, -0.2) is 4.98 Å². The Kier molecular flexibility index (Phi) is 3.91. The number of carbonyl (C=O) groups excluding carboxylic acids is 1. The van der Waals surface area contributed by atoms with Crippen LogP contribution in [0.4, 0.5) is 18.9 Å². The molecular formula is C11H6BrF3N2OS. The highest BCUT2D eigenvalue weighted by molar-refractivity contribution is 9.10. The van der Waals surface area contributed by atoms with Crippen LogP contribution < -0.4 is 5.32 Å². The number of nitrogens with zero attached hydrogens (tertiary/aromatic N) is 1. The first-order valence-electron chi connectivity index (χ1n) is 4.95. The third-order valence-corrected chi connectivity index (χ3v) is 3.97. The summed E-state index contributed by atoms with van der Waals surface area (Å²) in [4.78, 5) is 15.5. The average Bonchev–Trinajstić information content (AvgIpc) is 2.75. The van der Waals surface area contributed by atoms with E-state index in [0.29, 0.717) is 9.35 Å². The molecule has 0 radical (unpaired) electrons. The van der Waals surface area contributed by atoms with Crippen LogP contribution in [0, 0.1) is 0 Å². The number of anilines is 1. The van der Waals surface area contributed by atoms with Crippen LogP contribution in [0.5, 0.6) is 0 Å². The molecule has 1 amide bonds. The topological polar surface area (TPSA) is 42.0 Å². The van der Waals surface area contributed by atoms with Crippen molar-refractivity contribution in [1.29, 1.82) is 0 Å². The molecule has 0 aliphatic carbocycles. The van der Waals surface area contributed by atoms with Gasteiger partial charge in [-0.3, -0.25) is 4.79 Å². The second-order valence-corrected chi connectivity index (χ2v) is 5.25. The number of nitrogens with one attached hydrogen (secondary N) is 1. The summed E-state index contributed by atoms with van der Waals surface area (Å²) in [5, 5.41) is 4.20. The van der Waals surface area contributed by atoms with Crippen LogP contribution in [0.3, 0.4) is 0 Å². The third-order valence-electron chi connectivity index (χ3n) is 2.14. The first kappa shape index (κ1) is 14.0. The molecule has 19 heavy (non-hydrogen) atoms. The lowest BCUT2D eigenvalue weighted by molar-refractivity contribution is -0.141. The van der Waals surface area contributed by atoms with Crippen LogP contribution in [0.2, 0.25) is 0 Å². The Bertz CT molecular complexity index is 595. The maximum Gasteiger partial charge on any atom is 0.433 e. The molecule has 0 spiro atoms. The number of pyridine rings is 1. The zero-order valence-electron chi connectivity index (χ0n) is 9.16. The lowest BCUT2D eigenvalue weighted by Gasteiger charge is -2.07. The van der Waals surface area contributed by atoms with E-state index < -0.39 is 17.8 Å². The van der Waals surface area contributed by atoms with Crippen molar-refractivity contribution in [2.24, 2.45) is 0 Å². The highest BCUT2D eigenvalue weighted by Crippen LogP contribution is 2.28. The van der Waals surface area contributed by atoms with Crippen LogP contribution >= 0.6 is 27.3 Å². The van der Waals surface area contributed by atoms with Crippen molar-refractivity contribution >= 4 is 38.9 Å². The SMILES string of the molecule is O=C(Nc1ccc(C(F)(F)F)nc1)c1sccc1Br. The first-order chi connectivity index (χ1) is 8.88. The van der Waals surface area contributed by atoms with E-state index in [0.717, 1.165) is 18.3 Å². The molecule has 0 aliphatic heterocycles. The number of carbonyl (C=O) groups is 1. The van der Waals surface area contributed by atoms with Crippen molar-refractivity contribution < 1.29 is 18.0 Å². The van der Waals surface area contributed by atoms with Crippen LogP contribution in [-0.4, -0.2) is 10.9 Å². The Morgan fingerprint density at radius 3 is 2.53 bits per heavy atom. The fraction of sp³-hybridized carbons (Fsp3) is 0.0909. The molecule has 2 aromatic rings. The molecular weight excluding hydrogens is 345 g/mol. The van der Waals surface area contributed by atoms with Crippen molar-refractivity contribution in [3.05, 3.63) is 44.8 Å². The Morgan fingerprint density at radius 1 is 1.32 bits per heavy atom. The van der Waals surface area contributed by atoms with Gasteiger partial charge in [0.15, 0.2) is 0 Å². The second-order valence-electron chi connectivity index (χ2n) is 3.48. The lowest BCUT2D eigenvalue weighted by Crippen LogP contribution is -2.12. The zero-order chi connectivity index (χ0) is 14.0. The molecule has 0 saturated heterocycles. The Balaban J connectivity index is 2.12. The number of amides is 1. The molecule has 0 fully saturated rings. The van der Waals surface area contributed by atoms with E-state index in [4.69, 9.17) is 0 Å². The van der Waals surface area contributed by atoms with Crippen LogP contribution in [-0.2, 0) is 6.18 Å². The quantitative estimate of drug-likeness (QED) is 0.882. The monoisotopic (exact) mass is 350 g/mol. The van der Waals surface area contributed by atoms with Gasteiger partial charge in [-0.15, -0.1) is 11.3 Å². The largest absolute Gasteiger partial charge is 0.433 e. The van der Waals surface area contributed by atoms with Crippen molar-refractivity contribution in [3.8, 4) is 0 Å². The number of aromatic nitrogens is 1. The summed E-state index contributed by atoms with van der Waals surface area (Å²) in [6.45, 7) is 0. The molecule has 0 unspecified atom stereocenters. The predicted octanol–water partition coefficient (Wildman–Crippen LogP) is 4.18. The summed E-state index contributed by atoms with van der Waals surface area (Å²) < 4.78 is 37.5. The number of thiophene rings is 1. The van der Waals surface area contributed by atoms with E-state index in [9.17, 15) is 18.0 Å². The molecule has 1 N–H and O–H groups in total. The summed E-state index contributed by atoms with van der Waals surface area (Å²) in [6, 6.07) is 3.69. The van der Waals surface area contributed by atoms with Gasteiger partial charge in [0.25, 0.3) is 5.91 Å². The van der Waals surface area contributed by atoms with E-state index in [1.807, 2.05) is 0 Å². The van der Waals surface area contributed by atoms with Crippen molar-refractivity contribution in [2.45, 2.75) is 6.18 Å². The van der Waals surface area contributed by atoms with Crippen molar-refractivity contribution in [3.63, 3.8) is 0 Å². The standard InChI is InChI=1S/C11H6BrF3N2OS/c12-7-3-4-19-9(7)10(18)17-6-1-2-8(16-5-6)11(13,14)15/h1-5H,(H,17,18). The Morgan fingerprint density at radius 2 is 2.05 bits per heavy atom. The maximum atomic E-state index is 12.3. The minimum absolute atomic E-state index is 0.207. The summed E-state index contributed by atoms with van der Waals surface area (Å²) in [5.41, 5.74) is -0.791. The van der Waals surface area contributed by atoms with E-state index in [1.165, 1.54) is 11.3 Å². The summed E-state index contributed by atoms with van der Waals surface area (Å²) in [5.74, 6) is -0.400. The normalized spacial score (nSPS) is 11.4. The van der Waals surface area contributed by atoms with E-state index in [1.54, 1.807) is 11.4 Å². The smallest absolute Gasteiger partial charge is 0.320 e. The van der Waals surface area contributed by atoms with E-state index >= 15 is 0 Å². The van der Waals surface area contributed by atoms with Gasteiger partial charge in [-0.2, -0.15) is 13.2 Å². The Hall–Kier alpha value is -1.41. The van der Waals surface area contributed by atoms with Gasteiger partial charge in [0.2, 0.25) is 0 Å². The average molecular weight is 351 g/mol. The first-order valence-corrected chi connectivity index (χ1v) is 6.63. The van der Waals surface area contributed by atoms with Gasteiger partial charge in [-0.1, -0.05) is 0 Å². The molecule has 8 heteroatoms. The third kappa shape index (κ3) is 3.32. The molecule has 100 valence electrons. The van der Waals surface area contributed by atoms with Gasteiger partial charge < -0.3 is 5.32 Å². The lowest BCUT2D eigenvalue weighted by atomic mass is 10.3. The zero-order valence-corrected chi connectivity index (χ0v) is 11.6. The second kappa shape index (κ2) is 5.30. The molecule has 0 bridgehead atoms.